The van der Waals surface area contributed by atoms with Crippen LogP contribution in [0.4, 0.5) is 0 Å². The quantitative estimate of drug-likeness (QED) is 0.408. The van der Waals surface area contributed by atoms with E-state index in [0.717, 1.165) is 26.2 Å². The van der Waals surface area contributed by atoms with Crippen molar-refractivity contribution in [3.63, 3.8) is 0 Å². The van der Waals surface area contributed by atoms with Crippen LogP contribution >= 0.6 is 0 Å². The lowest BCUT2D eigenvalue weighted by Gasteiger charge is -1.94. The van der Waals surface area contributed by atoms with E-state index < -0.39 is 0 Å². The van der Waals surface area contributed by atoms with Crippen LogP contribution in [-0.4, -0.2) is 19.8 Å². The molecule has 0 aromatic heterocycles. The molecule has 52 valence electrons. The summed E-state index contributed by atoms with van der Waals surface area (Å²) in [5, 5.41) is 0. The molecule has 0 rings (SSSR count). The topological polar surface area (TPSA) is 36.9 Å². The lowest BCUT2D eigenvalue weighted by Crippen LogP contribution is -2.52. The van der Waals surface area contributed by atoms with Gasteiger partial charge in [-0.1, -0.05) is 0 Å². The first-order valence-electron chi connectivity index (χ1n) is 3.18. The third-order valence-electron chi connectivity index (χ3n) is 0.837. The minimum absolute atomic E-state index is 0.746. The second-order valence-electron chi connectivity index (χ2n) is 1.64. The first-order valence-corrected chi connectivity index (χ1v) is 3.18. The van der Waals surface area contributed by atoms with Gasteiger partial charge in [-0.2, -0.15) is 0 Å². The van der Waals surface area contributed by atoms with Crippen LogP contribution in [0.25, 0.3) is 0 Å². The Morgan fingerprint density at radius 3 is 2.78 bits per heavy atom. The number of ether oxygens (including phenoxy) is 1. The van der Waals surface area contributed by atoms with Crippen LogP contribution in [0.3, 0.4) is 0 Å². The Balaban J connectivity index is 2.80. The monoisotopic (exact) mass is 128 g/mol. The van der Waals surface area contributed by atoms with Gasteiger partial charge in [-0.15, -0.1) is 11.8 Å². The van der Waals surface area contributed by atoms with E-state index in [4.69, 9.17) is 4.74 Å². The molecule has 9 heavy (non-hydrogen) atoms. The van der Waals surface area contributed by atoms with Crippen LogP contribution < -0.4 is 5.73 Å². The number of hydrogen-bond acceptors (Lipinski definition) is 1. The highest BCUT2D eigenvalue weighted by atomic mass is 16.5. The predicted octanol–water partition coefficient (Wildman–Crippen LogP) is -0.342. The Hall–Kier alpha value is -0.520. The van der Waals surface area contributed by atoms with Crippen molar-refractivity contribution in [3.8, 4) is 11.8 Å². The van der Waals surface area contributed by atoms with Crippen molar-refractivity contribution in [2.45, 2.75) is 13.3 Å². The Kier molecular flexibility index (Phi) is 7.05. The Labute approximate surface area is 56.4 Å². The predicted molar refractivity (Wildman–Crippen MR) is 36.6 cm³/mol. The Bertz CT molecular complexity index is 101. The fourth-order valence-electron chi connectivity index (χ4n) is 0.452. The molecule has 0 spiro atoms. The zero-order valence-corrected chi connectivity index (χ0v) is 5.94. The summed E-state index contributed by atoms with van der Waals surface area (Å²) in [5.41, 5.74) is 3.64. The molecule has 0 amide bonds. The highest BCUT2D eigenvalue weighted by molar-refractivity contribution is 4.94. The molecule has 0 unspecified atom stereocenters. The van der Waals surface area contributed by atoms with E-state index in [1.807, 2.05) is 6.92 Å². The van der Waals surface area contributed by atoms with Crippen LogP contribution in [0, 0.1) is 11.8 Å². The summed E-state index contributed by atoms with van der Waals surface area (Å²) in [7, 11) is 0. The van der Waals surface area contributed by atoms with Crippen molar-refractivity contribution >= 4 is 0 Å². The minimum Gasteiger partial charge on any atom is -0.375 e. The van der Waals surface area contributed by atoms with E-state index >= 15 is 0 Å². The highest BCUT2D eigenvalue weighted by Crippen LogP contribution is 1.77. The number of rotatable bonds is 4. The molecule has 0 aliphatic heterocycles. The number of hydrogen-bond donors (Lipinski definition) is 1. The molecule has 0 bridgehead atoms. The maximum absolute atomic E-state index is 5.12. The largest absolute Gasteiger partial charge is 0.375 e. The highest BCUT2D eigenvalue weighted by Gasteiger charge is 1.82. The molecule has 3 N–H and O–H groups in total. The van der Waals surface area contributed by atoms with E-state index in [-0.39, 0.29) is 0 Å². The Morgan fingerprint density at radius 2 is 2.22 bits per heavy atom. The van der Waals surface area contributed by atoms with Crippen LogP contribution in [0.15, 0.2) is 0 Å². The maximum atomic E-state index is 5.12. The molecule has 0 saturated carbocycles. The van der Waals surface area contributed by atoms with Gasteiger partial charge in [0.05, 0.1) is 19.8 Å². The molecular weight excluding hydrogens is 114 g/mol. The van der Waals surface area contributed by atoms with Crippen molar-refractivity contribution in [3.05, 3.63) is 0 Å². The molecule has 0 saturated heterocycles. The van der Waals surface area contributed by atoms with Gasteiger partial charge in [-0.05, 0) is 6.92 Å². The van der Waals surface area contributed by atoms with E-state index in [2.05, 4.69) is 17.6 Å². The molecule has 0 aliphatic carbocycles. The maximum Gasteiger partial charge on any atom is 0.0977 e. The van der Waals surface area contributed by atoms with Gasteiger partial charge in [0.25, 0.3) is 0 Å². The third kappa shape index (κ3) is 7.48. The fourth-order valence-corrected chi connectivity index (χ4v) is 0.452. The second kappa shape index (κ2) is 7.48. The molecule has 0 heterocycles. The van der Waals surface area contributed by atoms with Crippen molar-refractivity contribution < 1.29 is 10.5 Å². The van der Waals surface area contributed by atoms with Gasteiger partial charge in [-0.3, -0.25) is 0 Å². The molecule has 0 atom stereocenters. The summed E-state index contributed by atoms with van der Waals surface area (Å²) in [6.07, 6.45) is 0.844. The minimum atomic E-state index is 0.746. The van der Waals surface area contributed by atoms with Gasteiger partial charge >= 0.3 is 0 Å². The van der Waals surface area contributed by atoms with E-state index in [0.29, 0.717) is 0 Å². The van der Waals surface area contributed by atoms with E-state index in [1.54, 1.807) is 0 Å². The zero-order valence-electron chi connectivity index (χ0n) is 5.94. The van der Waals surface area contributed by atoms with Crippen LogP contribution in [0.5, 0.6) is 0 Å². The molecule has 0 aromatic rings. The fraction of sp³-hybridized carbons (Fsp3) is 0.714. The van der Waals surface area contributed by atoms with Crippen molar-refractivity contribution in [2.24, 2.45) is 0 Å². The first-order chi connectivity index (χ1) is 4.41. The average Bonchev–Trinajstić information content (AvgIpc) is 1.89. The summed E-state index contributed by atoms with van der Waals surface area (Å²) < 4.78 is 5.12. The van der Waals surface area contributed by atoms with Crippen LogP contribution in [0.2, 0.25) is 0 Å². The first kappa shape index (κ1) is 8.48. The molecule has 2 nitrogen and oxygen atoms in total. The van der Waals surface area contributed by atoms with Gasteiger partial charge in [0.1, 0.15) is 0 Å². The summed E-state index contributed by atoms with van der Waals surface area (Å²) in [4.78, 5) is 0. The molecule has 0 fully saturated rings. The van der Waals surface area contributed by atoms with Gasteiger partial charge in [-0.25, -0.2) is 0 Å². The summed E-state index contributed by atoms with van der Waals surface area (Å²) in [6, 6.07) is 0. The molecule has 0 aliphatic rings. The normalized spacial score (nSPS) is 8.22. The molecule has 2 heteroatoms. The Morgan fingerprint density at radius 1 is 1.44 bits per heavy atom. The SMILES string of the molecule is CC#CCCOCC[NH3+]. The zero-order chi connectivity index (χ0) is 6.95. The van der Waals surface area contributed by atoms with Crippen molar-refractivity contribution in [1.29, 1.82) is 0 Å². The molecular formula is C7H14NO+. The van der Waals surface area contributed by atoms with Crippen molar-refractivity contribution in [1.82, 2.24) is 0 Å². The van der Waals surface area contributed by atoms with Gasteiger partial charge in [0.15, 0.2) is 0 Å². The summed E-state index contributed by atoms with van der Waals surface area (Å²) >= 11 is 0. The molecule has 0 aromatic carbocycles. The van der Waals surface area contributed by atoms with Gasteiger partial charge in [0, 0.05) is 6.42 Å². The molecule has 0 radical (unpaired) electrons. The van der Waals surface area contributed by atoms with Crippen LogP contribution in [0.1, 0.15) is 13.3 Å². The summed E-state index contributed by atoms with van der Waals surface area (Å²) in [6.45, 7) is 4.18. The van der Waals surface area contributed by atoms with E-state index in [1.165, 1.54) is 0 Å². The summed E-state index contributed by atoms with van der Waals surface area (Å²) in [5.74, 6) is 5.71. The van der Waals surface area contributed by atoms with Crippen LogP contribution in [-0.2, 0) is 4.74 Å². The lowest BCUT2D eigenvalue weighted by atomic mass is 10.4. The average molecular weight is 128 g/mol. The van der Waals surface area contributed by atoms with Gasteiger partial charge in [0.2, 0.25) is 0 Å². The number of quaternary nitrogens is 1. The van der Waals surface area contributed by atoms with E-state index in [9.17, 15) is 0 Å². The lowest BCUT2D eigenvalue weighted by molar-refractivity contribution is -0.374. The third-order valence-corrected chi connectivity index (χ3v) is 0.837. The standard InChI is InChI=1S/C7H13NO/c1-2-3-4-6-9-7-5-8/h4-8H2,1H3/p+1. The van der Waals surface area contributed by atoms with Gasteiger partial charge < -0.3 is 10.5 Å². The second-order valence-corrected chi connectivity index (χ2v) is 1.64. The van der Waals surface area contributed by atoms with Crippen molar-refractivity contribution in [2.75, 3.05) is 19.8 Å². The smallest absolute Gasteiger partial charge is 0.0977 e.